The minimum absolute atomic E-state index is 0.110. The first-order chi connectivity index (χ1) is 11.5. The Labute approximate surface area is 145 Å². The summed E-state index contributed by atoms with van der Waals surface area (Å²) in [6.07, 6.45) is 4.61. The summed E-state index contributed by atoms with van der Waals surface area (Å²) in [5, 5.41) is 11.0. The van der Waals surface area contributed by atoms with Gasteiger partial charge in [-0.1, -0.05) is 0 Å². The monoisotopic (exact) mass is 347 g/mol. The molecule has 0 bridgehead atoms. The lowest BCUT2D eigenvalue weighted by atomic mass is 9.92. The van der Waals surface area contributed by atoms with E-state index in [2.05, 4.69) is 19.9 Å². The van der Waals surface area contributed by atoms with E-state index in [-0.39, 0.29) is 12.5 Å². The lowest BCUT2D eigenvalue weighted by Gasteiger charge is -2.41. The molecule has 1 aliphatic rings. The first-order valence-corrected chi connectivity index (χ1v) is 8.75. The summed E-state index contributed by atoms with van der Waals surface area (Å²) in [7, 11) is 1.72. The quantitative estimate of drug-likeness (QED) is 0.899. The highest BCUT2D eigenvalue weighted by atomic mass is 32.1. The number of carbonyl (C=O) groups excluding carboxylic acids is 1. The number of β-amino-alcohol motifs (C(OH)–C–C–N with tert-alkyl or cyclic N) is 1. The highest BCUT2D eigenvalue weighted by Crippen LogP contribution is 2.26. The number of aromatic nitrogens is 3. The fourth-order valence-corrected chi connectivity index (χ4v) is 3.69. The van der Waals surface area contributed by atoms with Crippen LogP contribution in [-0.2, 0) is 0 Å². The topological polar surface area (TPSA) is 82.5 Å². The maximum absolute atomic E-state index is 12.4. The number of amides is 1. The third-order valence-electron chi connectivity index (χ3n) is 4.19. The highest BCUT2D eigenvalue weighted by Gasteiger charge is 2.36. The first-order valence-electron chi connectivity index (χ1n) is 7.87. The molecule has 0 radical (unpaired) electrons. The Balaban J connectivity index is 1.69. The molecule has 128 valence electrons. The number of anilines is 1. The van der Waals surface area contributed by atoms with Gasteiger partial charge in [0.15, 0.2) is 0 Å². The third-order valence-corrected chi connectivity index (χ3v) is 4.95. The van der Waals surface area contributed by atoms with Gasteiger partial charge in [0.25, 0.3) is 5.91 Å². The van der Waals surface area contributed by atoms with Gasteiger partial charge in [-0.05, 0) is 19.8 Å². The van der Waals surface area contributed by atoms with Gasteiger partial charge in [-0.25, -0.2) is 9.97 Å². The first kappa shape index (κ1) is 16.8. The Bertz CT molecular complexity index is 708. The van der Waals surface area contributed by atoms with E-state index in [9.17, 15) is 9.90 Å². The average molecular weight is 347 g/mol. The van der Waals surface area contributed by atoms with Crippen LogP contribution in [0.5, 0.6) is 0 Å². The molecule has 1 aliphatic heterocycles. The van der Waals surface area contributed by atoms with Gasteiger partial charge < -0.3 is 14.9 Å². The van der Waals surface area contributed by atoms with E-state index in [4.69, 9.17) is 0 Å². The standard InChI is InChI=1S/C16H21N5O2S/c1-12-6-14(19-10-18-12)21-5-3-4-16(23,9-21)8-20(2)15(22)13-7-17-11-24-13/h6-7,10-11,23H,3-5,8-9H2,1-2H3/t16-/m1/s1. The van der Waals surface area contributed by atoms with E-state index in [1.807, 2.05) is 13.0 Å². The predicted octanol–water partition coefficient (Wildman–Crippen LogP) is 1.35. The number of carbonyl (C=O) groups is 1. The lowest BCUT2D eigenvalue weighted by molar-refractivity contribution is -0.0000241. The molecule has 0 aliphatic carbocycles. The van der Waals surface area contributed by atoms with Crippen LogP contribution in [0.25, 0.3) is 0 Å². The van der Waals surface area contributed by atoms with Gasteiger partial charge in [-0.2, -0.15) is 0 Å². The average Bonchev–Trinajstić information content (AvgIpc) is 3.08. The van der Waals surface area contributed by atoms with Crippen molar-refractivity contribution in [1.82, 2.24) is 19.9 Å². The molecule has 3 rings (SSSR count). The number of aryl methyl sites for hydroxylation is 1. The Hall–Kier alpha value is -2.06. The van der Waals surface area contributed by atoms with E-state index in [1.54, 1.807) is 23.7 Å². The summed E-state index contributed by atoms with van der Waals surface area (Å²) in [5.41, 5.74) is 1.58. The molecule has 0 unspecified atom stereocenters. The second-order valence-electron chi connectivity index (χ2n) is 6.29. The molecular weight excluding hydrogens is 326 g/mol. The number of likely N-dealkylation sites (N-methyl/N-ethyl adjacent to an activating group) is 1. The molecule has 1 fully saturated rings. The maximum Gasteiger partial charge on any atom is 0.265 e. The Morgan fingerprint density at radius 3 is 3.04 bits per heavy atom. The van der Waals surface area contributed by atoms with Crippen LogP contribution in [0, 0.1) is 6.92 Å². The van der Waals surface area contributed by atoms with Crippen molar-refractivity contribution in [3.05, 3.63) is 34.7 Å². The molecule has 0 spiro atoms. The summed E-state index contributed by atoms with van der Waals surface area (Å²) in [6, 6.07) is 1.91. The van der Waals surface area contributed by atoms with Gasteiger partial charge in [0.05, 0.1) is 23.9 Å². The number of rotatable bonds is 4. The predicted molar refractivity (Wildman–Crippen MR) is 92.2 cm³/mol. The molecule has 2 aromatic rings. The van der Waals surface area contributed by atoms with Gasteiger partial charge in [0, 0.05) is 31.9 Å². The zero-order valence-electron chi connectivity index (χ0n) is 13.8. The van der Waals surface area contributed by atoms with Gasteiger partial charge in [-0.15, -0.1) is 11.3 Å². The zero-order chi connectivity index (χ0) is 17.2. The van der Waals surface area contributed by atoms with Crippen LogP contribution in [0.15, 0.2) is 24.1 Å². The molecule has 1 saturated heterocycles. The second-order valence-corrected chi connectivity index (χ2v) is 7.18. The molecule has 3 heterocycles. The summed E-state index contributed by atoms with van der Waals surface area (Å²) in [6.45, 7) is 3.49. The van der Waals surface area contributed by atoms with Crippen molar-refractivity contribution < 1.29 is 9.90 Å². The highest BCUT2D eigenvalue weighted by molar-refractivity contribution is 7.11. The van der Waals surface area contributed by atoms with Crippen molar-refractivity contribution in [2.75, 3.05) is 31.6 Å². The number of hydrogen-bond acceptors (Lipinski definition) is 7. The minimum Gasteiger partial charge on any atom is -0.386 e. The largest absolute Gasteiger partial charge is 0.386 e. The van der Waals surface area contributed by atoms with Crippen LogP contribution in [0.2, 0.25) is 0 Å². The fourth-order valence-electron chi connectivity index (χ4n) is 3.07. The van der Waals surface area contributed by atoms with Crippen molar-refractivity contribution in [1.29, 1.82) is 0 Å². The Morgan fingerprint density at radius 1 is 1.50 bits per heavy atom. The van der Waals surface area contributed by atoms with Crippen LogP contribution < -0.4 is 4.90 Å². The number of nitrogens with zero attached hydrogens (tertiary/aromatic N) is 5. The minimum atomic E-state index is -0.952. The maximum atomic E-state index is 12.4. The molecule has 1 N–H and O–H groups in total. The summed E-state index contributed by atoms with van der Waals surface area (Å²) < 4.78 is 0. The van der Waals surface area contributed by atoms with Gasteiger partial charge in [-0.3, -0.25) is 9.78 Å². The Morgan fingerprint density at radius 2 is 2.33 bits per heavy atom. The van der Waals surface area contributed by atoms with Crippen molar-refractivity contribution in [3.63, 3.8) is 0 Å². The molecule has 24 heavy (non-hydrogen) atoms. The van der Waals surface area contributed by atoms with Gasteiger partial charge >= 0.3 is 0 Å². The van der Waals surface area contributed by atoms with Gasteiger partial charge in [0.1, 0.15) is 17.0 Å². The molecular formula is C16H21N5O2S. The molecule has 2 aromatic heterocycles. The molecule has 0 aromatic carbocycles. The molecule has 1 amide bonds. The van der Waals surface area contributed by atoms with Gasteiger partial charge in [0.2, 0.25) is 0 Å². The van der Waals surface area contributed by atoms with Crippen molar-refractivity contribution in [2.45, 2.75) is 25.4 Å². The van der Waals surface area contributed by atoms with E-state index in [0.29, 0.717) is 17.8 Å². The summed E-state index contributed by atoms with van der Waals surface area (Å²) in [4.78, 5) is 28.9. The van der Waals surface area contributed by atoms with Crippen LogP contribution in [0.4, 0.5) is 5.82 Å². The third kappa shape index (κ3) is 3.70. The van der Waals surface area contributed by atoms with Crippen LogP contribution in [0.3, 0.4) is 0 Å². The van der Waals surface area contributed by atoms with E-state index in [0.717, 1.165) is 24.5 Å². The Kier molecular flexibility index (Phi) is 4.77. The lowest BCUT2D eigenvalue weighted by Crippen LogP contribution is -2.54. The number of hydrogen-bond donors (Lipinski definition) is 1. The van der Waals surface area contributed by atoms with Crippen LogP contribution in [0.1, 0.15) is 28.2 Å². The smallest absolute Gasteiger partial charge is 0.265 e. The number of piperidine rings is 1. The van der Waals surface area contributed by atoms with Crippen LogP contribution in [-0.4, -0.2) is 63.1 Å². The number of thiazole rings is 1. The zero-order valence-corrected chi connectivity index (χ0v) is 14.7. The SMILES string of the molecule is Cc1cc(N2CCC[C@@](O)(CN(C)C(=O)c3cncs3)C2)ncn1. The van der Waals surface area contributed by atoms with Crippen molar-refractivity contribution in [2.24, 2.45) is 0 Å². The van der Waals surface area contributed by atoms with Crippen molar-refractivity contribution in [3.8, 4) is 0 Å². The summed E-state index contributed by atoms with van der Waals surface area (Å²) in [5.74, 6) is 0.706. The van der Waals surface area contributed by atoms with E-state index < -0.39 is 5.60 Å². The van der Waals surface area contributed by atoms with Crippen molar-refractivity contribution >= 4 is 23.1 Å². The van der Waals surface area contributed by atoms with Crippen LogP contribution >= 0.6 is 11.3 Å². The molecule has 0 saturated carbocycles. The van der Waals surface area contributed by atoms with E-state index in [1.165, 1.54) is 17.7 Å². The second kappa shape index (κ2) is 6.82. The molecule has 1 atom stereocenters. The fraction of sp³-hybridized carbons (Fsp3) is 0.500. The summed E-state index contributed by atoms with van der Waals surface area (Å²) >= 11 is 1.31. The van der Waals surface area contributed by atoms with E-state index >= 15 is 0 Å². The number of aliphatic hydroxyl groups is 1. The normalized spacial score (nSPS) is 20.9. The molecule has 7 nitrogen and oxygen atoms in total. The molecule has 8 heteroatoms.